The Hall–Kier alpha value is -0.0800. The minimum absolute atomic E-state index is 0.573. The van der Waals surface area contributed by atoms with E-state index < -0.39 is 0 Å². The SMILES string of the molecule is CC1(CNC2CC2)CCN(CC2(C)CC2)CC1. The first-order chi connectivity index (χ1) is 8.07. The van der Waals surface area contributed by atoms with E-state index in [1.54, 1.807) is 0 Å². The lowest BCUT2D eigenvalue weighted by molar-refractivity contribution is 0.101. The first-order valence-electron chi connectivity index (χ1n) is 7.53. The predicted molar refractivity (Wildman–Crippen MR) is 72.1 cm³/mol. The van der Waals surface area contributed by atoms with E-state index in [2.05, 4.69) is 24.1 Å². The van der Waals surface area contributed by atoms with Gasteiger partial charge in [0, 0.05) is 19.1 Å². The third-order valence-corrected chi connectivity index (χ3v) is 5.17. The van der Waals surface area contributed by atoms with Gasteiger partial charge in [0.25, 0.3) is 0 Å². The van der Waals surface area contributed by atoms with Crippen LogP contribution in [0.4, 0.5) is 0 Å². The predicted octanol–water partition coefficient (Wildman–Crippen LogP) is 2.64. The molecule has 0 unspecified atom stereocenters. The quantitative estimate of drug-likeness (QED) is 0.789. The van der Waals surface area contributed by atoms with E-state index >= 15 is 0 Å². The molecule has 0 atom stereocenters. The molecule has 0 aromatic carbocycles. The molecule has 1 aliphatic heterocycles. The van der Waals surface area contributed by atoms with Crippen molar-refractivity contribution >= 4 is 0 Å². The Labute approximate surface area is 106 Å². The van der Waals surface area contributed by atoms with E-state index in [0.717, 1.165) is 6.04 Å². The molecule has 2 nitrogen and oxygen atoms in total. The molecule has 3 rings (SSSR count). The number of rotatable bonds is 5. The van der Waals surface area contributed by atoms with Crippen LogP contribution in [0.3, 0.4) is 0 Å². The second-order valence-corrected chi connectivity index (χ2v) is 7.55. The molecule has 0 spiro atoms. The van der Waals surface area contributed by atoms with Gasteiger partial charge in [-0.25, -0.2) is 0 Å². The van der Waals surface area contributed by atoms with Crippen molar-refractivity contribution in [2.75, 3.05) is 26.2 Å². The molecule has 2 heteroatoms. The van der Waals surface area contributed by atoms with Crippen molar-refractivity contribution < 1.29 is 0 Å². The van der Waals surface area contributed by atoms with E-state index in [1.807, 2.05) is 0 Å². The minimum Gasteiger partial charge on any atom is -0.313 e. The van der Waals surface area contributed by atoms with Gasteiger partial charge in [-0.3, -0.25) is 0 Å². The summed E-state index contributed by atoms with van der Waals surface area (Å²) in [6.45, 7) is 10.2. The van der Waals surface area contributed by atoms with Crippen molar-refractivity contribution in [2.24, 2.45) is 10.8 Å². The Morgan fingerprint density at radius 3 is 2.18 bits per heavy atom. The topological polar surface area (TPSA) is 15.3 Å². The second kappa shape index (κ2) is 4.24. The first-order valence-corrected chi connectivity index (χ1v) is 7.53. The second-order valence-electron chi connectivity index (χ2n) is 7.55. The third kappa shape index (κ3) is 3.23. The van der Waals surface area contributed by atoms with Gasteiger partial charge in [0.05, 0.1) is 0 Å². The molecule has 2 aliphatic carbocycles. The molecule has 17 heavy (non-hydrogen) atoms. The molecule has 3 aliphatic rings. The summed E-state index contributed by atoms with van der Waals surface area (Å²) < 4.78 is 0. The largest absolute Gasteiger partial charge is 0.313 e. The minimum atomic E-state index is 0.573. The summed E-state index contributed by atoms with van der Waals surface area (Å²) in [6.07, 6.45) is 8.54. The summed E-state index contributed by atoms with van der Waals surface area (Å²) in [5.74, 6) is 0. The van der Waals surface area contributed by atoms with Crippen LogP contribution >= 0.6 is 0 Å². The standard InChI is InChI=1S/C15H28N2/c1-14(11-16-13-3-4-13)7-9-17(10-8-14)12-15(2)5-6-15/h13,16H,3-12H2,1-2H3. The van der Waals surface area contributed by atoms with E-state index in [-0.39, 0.29) is 0 Å². The van der Waals surface area contributed by atoms with Crippen LogP contribution in [0.2, 0.25) is 0 Å². The molecule has 98 valence electrons. The van der Waals surface area contributed by atoms with Gasteiger partial charge in [-0.05, 0) is 62.4 Å². The van der Waals surface area contributed by atoms with Gasteiger partial charge >= 0.3 is 0 Å². The summed E-state index contributed by atoms with van der Waals surface area (Å²) in [6, 6.07) is 0.871. The number of piperidine rings is 1. The normalized spacial score (nSPS) is 31.4. The van der Waals surface area contributed by atoms with Crippen molar-refractivity contribution in [3.05, 3.63) is 0 Å². The lowest BCUT2D eigenvalue weighted by atomic mass is 9.80. The van der Waals surface area contributed by atoms with E-state index in [1.165, 1.54) is 64.7 Å². The maximum atomic E-state index is 3.72. The van der Waals surface area contributed by atoms with Gasteiger partial charge < -0.3 is 10.2 Å². The Kier molecular flexibility index (Phi) is 2.99. The summed E-state index contributed by atoms with van der Waals surface area (Å²) in [4.78, 5) is 2.71. The highest BCUT2D eigenvalue weighted by Crippen LogP contribution is 2.46. The molecule has 0 aromatic heterocycles. The zero-order valence-electron chi connectivity index (χ0n) is 11.6. The Bertz CT molecular complexity index is 271. The summed E-state index contributed by atoms with van der Waals surface area (Å²) in [5, 5.41) is 3.72. The van der Waals surface area contributed by atoms with Crippen molar-refractivity contribution in [3.63, 3.8) is 0 Å². The molecule has 1 heterocycles. The number of hydrogen-bond acceptors (Lipinski definition) is 2. The fourth-order valence-corrected chi connectivity index (χ4v) is 3.02. The molecule has 2 saturated carbocycles. The molecule has 1 N–H and O–H groups in total. The monoisotopic (exact) mass is 236 g/mol. The highest BCUT2D eigenvalue weighted by atomic mass is 15.1. The van der Waals surface area contributed by atoms with Crippen LogP contribution in [0.5, 0.6) is 0 Å². The van der Waals surface area contributed by atoms with Crippen LogP contribution in [-0.4, -0.2) is 37.1 Å². The Balaban J connectivity index is 1.42. The zero-order chi connectivity index (χ0) is 11.9. The molecule has 3 fully saturated rings. The molecule has 0 amide bonds. The maximum Gasteiger partial charge on any atom is 0.00684 e. The lowest BCUT2D eigenvalue weighted by Gasteiger charge is -2.40. The first kappa shape index (κ1) is 12.0. The van der Waals surface area contributed by atoms with E-state index in [4.69, 9.17) is 0 Å². The maximum absolute atomic E-state index is 3.72. The van der Waals surface area contributed by atoms with Gasteiger partial charge in [-0.1, -0.05) is 13.8 Å². The fourth-order valence-electron chi connectivity index (χ4n) is 3.02. The molecule has 0 aromatic rings. The average Bonchev–Trinajstić information content (AvgIpc) is 3.18. The number of nitrogens with one attached hydrogen (secondary N) is 1. The van der Waals surface area contributed by atoms with Crippen LogP contribution < -0.4 is 5.32 Å². The Morgan fingerprint density at radius 2 is 1.65 bits per heavy atom. The van der Waals surface area contributed by atoms with Crippen LogP contribution in [0.1, 0.15) is 52.4 Å². The molecule has 0 radical (unpaired) electrons. The third-order valence-electron chi connectivity index (χ3n) is 5.17. The molecule has 0 bridgehead atoms. The lowest BCUT2D eigenvalue weighted by Crippen LogP contribution is -2.45. The van der Waals surface area contributed by atoms with Crippen molar-refractivity contribution in [2.45, 2.75) is 58.4 Å². The van der Waals surface area contributed by atoms with Crippen LogP contribution in [0.25, 0.3) is 0 Å². The molecular weight excluding hydrogens is 208 g/mol. The summed E-state index contributed by atoms with van der Waals surface area (Å²) in [7, 11) is 0. The van der Waals surface area contributed by atoms with Crippen LogP contribution in [-0.2, 0) is 0 Å². The Morgan fingerprint density at radius 1 is 1.00 bits per heavy atom. The van der Waals surface area contributed by atoms with Gasteiger partial charge in [0.1, 0.15) is 0 Å². The van der Waals surface area contributed by atoms with Gasteiger partial charge in [-0.2, -0.15) is 0 Å². The van der Waals surface area contributed by atoms with E-state index in [0.29, 0.717) is 10.8 Å². The molecular formula is C15H28N2. The summed E-state index contributed by atoms with van der Waals surface area (Å²) >= 11 is 0. The highest BCUT2D eigenvalue weighted by molar-refractivity contribution is 4.94. The smallest absolute Gasteiger partial charge is 0.00684 e. The van der Waals surface area contributed by atoms with Crippen molar-refractivity contribution in [1.82, 2.24) is 10.2 Å². The average molecular weight is 236 g/mol. The van der Waals surface area contributed by atoms with Crippen LogP contribution in [0, 0.1) is 10.8 Å². The highest BCUT2D eigenvalue weighted by Gasteiger charge is 2.40. The van der Waals surface area contributed by atoms with Gasteiger partial charge in [0.15, 0.2) is 0 Å². The summed E-state index contributed by atoms with van der Waals surface area (Å²) in [5.41, 5.74) is 1.27. The number of nitrogens with zero attached hydrogens (tertiary/aromatic N) is 1. The van der Waals surface area contributed by atoms with Gasteiger partial charge in [-0.15, -0.1) is 0 Å². The van der Waals surface area contributed by atoms with Crippen molar-refractivity contribution in [3.8, 4) is 0 Å². The number of hydrogen-bond donors (Lipinski definition) is 1. The van der Waals surface area contributed by atoms with Crippen molar-refractivity contribution in [1.29, 1.82) is 0 Å². The zero-order valence-corrected chi connectivity index (χ0v) is 11.6. The van der Waals surface area contributed by atoms with E-state index in [9.17, 15) is 0 Å². The number of likely N-dealkylation sites (tertiary alicyclic amines) is 1. The van der Waals surface area contributed by atoms with Gasteiger partial charge in [0.2, 0.25) is 0 Å². The molecule has 1 saturated heterocycles. The van der Waals surface area contributed by atoms with Crippen LogP contribution in [0.15, 0.2) is 0 Å². The fraction of sp³-hybridized carbons (Fsp3) is 1.00.